The maximum atomic E-state index is 13.8. The van der Waals surface area contributed by atoms with Gasteiger partial charge in [-0.05, 0) is 59.5 Å². The van der Waals surface area contributed by atoms with Crippen LogP contribution in [-0.4, -0.2) is 50.8 Å². The summed E-state index contributed by atoms with van der Waals surface area (Å²) in [6.07, 6.45) is -1.39. The molecule has 1 saturated heterocycles. The fourth-order valence-corrected chi connectivity index (χ4v) is 5.35. The van der Waals surface area contributed by atoms with Gasteiger partial charge in [0.15, 0.2) is 11.0 Å². The number of aliphatic imine (C=N–C) groups is 2. The third-order valence-electron chi connectivity index (χ3n) is 6.44. The van der Waals surface area contributed by atoms with Crippen LogP contribution in [0.4, 0.5) is 28.0 Å². The van der Waals surface area contributed by atoms with Crippen LogP contribution in [-0.2, 0) is 6.42 Å². The van der Waals surface area contributed by atoms with Gasteiger partial charge in [0.25, 0.3) is 0 Å². The van der Waals surface area contributed by atoms with Gasteiger partial charge < -0.3 is 9.64 Å². The van der Waals surface area contributed by atoms with Gasteiger partial charge >= 0.3 is 12.4 Å². The zero-order valence-corrected chi connectivity index (χ0v) is 23.9. The Balaban J connectivity index is 1.19. The Morgan fingerprint density at radius 3 is 2.53 bits per heavy atom. The first-order chi connectivity index (χ1) is 20.6. The van der Waals surface area contributed by atoms with E-state index in [0.29, 0.717) is 29.6 Å². The molecule has 1 aromatic heterocycles. The van der Waals surface area contributed by atoms with Crippen molar-refractivity contribution in [3.05, 3.63) is 90.0 Å². The maximum absolute atomic E-state index is 13.8. The third-order valence-corrected chi connectivity index (χ3v) is 7.39. The van der Waals surface area contributed by atoms with E-state index in [1.165, 1.54) is 65.4 Å². The Morgan fingerprint density at radius 2 is 1.84 bits per heavy atom. The molecule has 13 heteroatoms. The molecule has 0 atom stereocenters. The number of aromatic nitrogens is 3. The van der Waals surface area contributed by atoms with Gasteiger partial charge in [-0.1, -0.05) is 49.9 Å². The predicted octanol–water partition coefficient (Wildman–Crippen LogP) is 7.44. The molecule has 4 aromatic rings. The molecule has 1 fully saturated rings. The van der Waals surface area contributed by atoms with E-state index in [0.717, 1.165) is 28.1 Å². The number of carbonyl (C=O) groups is 1. The van der Waals surface area contributed by atoms with Gasteiger partial charge in [-0.2, -0.15) is 4.99 Å². The first kappa shape index (κ1) is 30.0. The van der Waals surface area contributed by atoms with Crippen molar-refractivity contribution in [2.24, 2.45) is 9.98 Å². The number of urea groups is 1. The number of benzene rings is 3. The normalized spacial score (nSPS) is 14.8. The first-order valence-corrected chi connectivity index (χ1v) is 14.3. The van der Waals surface area contributed by atoms with Crippen LogP contribution in [0.15, 0.2) is 83.0 Å². The second-order valence-corrected chi connectivity index (χ2v) is 10.9. The molecule has 0 N–H and O–H groups in total. The van der Waals surface area contributed by atoms with Crippen LogP contribution >= 0.6 is 11.8 Å². The second kappa shape index (κ2) is 12.8. The number of rotatable bonds is 7. The van der Waals surface area contributed by atoms with Crippen LogP contribution in [0.5, 0.6) is 5.75 Å². The molecule has 5 rings (SSSR count). The SMILES string of the molecule is CC(C)c1cc(F)ccc1N1CCSC1=NC(=O)N=CCc1ccc(-c2ncn(-c3ccc(OC(F)(F)F)cc3)n2)cc1. The van der Waals surface area contributed by atoms with Crippen LogP contribution in [0, 0.1) is 5.82 Å². The van der Waals surface area contributed by atoms with Crippen molar-refractivity contribution in [3.63, 3.8) is 0 Å². The summed E-state index contributed by atoms with van der Waals surface area (Å²) in [5.41, 5.74) is 3.85. The molecule has 0 unspecified atom stereocenters. The number of anilines is 1. The Bertz CT molecular complexity index is 1650. The summed E-state index contributed by atoms with van der Waals surface area (Å²) in [4.78, 5) is 26.9. The van der Waals surface area contributed by atoms with Crippen LogP contribution < -0.4 is 9.64 Å². The van der Waals surface area contributed by atoms with Crippen molar-refractivity contribution in [1.29, 1.82) is 0 Å². The summed E-state index contributed by atoms with van der Waals surface area (Å²) in [6, 6.07) is 16.7. The summed E-state index contributed by atoms with van der Waals surface area (Å²) in [6.45, 7) is 4.65. The quantitative estimate of drug-likeness (QED) is 0.160. The standard InChI is InChI=1S/C30H26F4N6O2S/c1-19(2)25-17-22(31)7-12-26(25)39-15-16-43-29(39)37-28(41)35-14-13-20-3-5-21(6-4-20)27-36-18-40(38-27)23-8-10-24(11-9-23)42-30(32,33)34/h3-12,14,17-19H,13,15-16H2,1-2H3. The zero-order valence-electron chi connectivity index (χ0n) is 23.1. The van der Waals surface area contributed by atoms with E-state index in [-0.39, 0.29) is 17.5 Å². The summed E-state index contributed by atoms with van der Waals surface area (Å²) >= 11 is 1.46. The molecule has 0 radical (unpaired) electrons. The van der Waals surface area contributed by atoms with Crippen LogP contribution in [0.2, 0.25) is 0 Å². The summed E-state index contributed by atoms with van der Waals surface area (Å²) in [5.74, 6) is 0.667. The number of amidine groups is 1. The second-order valence-electron chi connectivity index (χ2n) is 9.80. The van der Waals surface area contributed by atoms with Crippen molar-refractivity contribution in [2.45, 2.75) is 32.5 Å². The smallest absolute Gasteiger partial charge is 0.406 e. The largest absolute Gasteiger partial charge is 0.573 e. The van der Waals surface area contributed by atoms with Crippen LogP contribution in [0.1, 0.15) is 30.9 Å². The van der Waals surface area contributed by atoms with Crippen molar-refractivity contribution < 1.29 is 27.1 Å². The average molecular weight is 611 g/mol. The number of halogens is 4. The lowest BCUT2D eigenvalue weighted by Crippen LogP contribution is -2.25. The lowest BCUT2D eigenvalue weighted by molar-refractivity contribution is -0.274. The van der Waals surface area contributed by atoms with Crippen LogP contribution in [0.3, 0.4) is 0 Å². The fourth-order valence-electron chi connectivity index (χ4n) is 4.40. The molecule has 8 nitrogen and oxygen atoms in total. The summed E-state index contributed by atoms with van der Waals surface area (Å²) < 4.78 is 56.3. The maximum Gasteiger partial charge on any atom is 0.573 e. The highest BCUT2D eigenvalue weighted by molar-refractivity contribution is 8.14. The Hall–Kier alpha value is -4.52. The van der Waals surface area contributed by atoms with Gasteiger partial charge in [0, 0.05) is 36.2 Å². The van der Waals surface area contributed by atoms with E-state index in [2.05, 4.69) is 24.8 Å². The van der Waals surface area contributed by atoms with Crippen LogP contribution in [0.25, 0.3) is 17.1 Å². The molecule has 0 saturated carbocycles. The monoisotopic (exact) mass is 610 g/mol. The number of carbonyl (C=O) groups excluding carboxylic acids is 1. The average Bonchev–Trinajstić information content (AvgIpc) is 3.63. The molecule has 0 spiro atoms. The van der Waals surface area contributed by atoms with E-state index in [4.69, 9.17) is 0 Å². The van der Waals surface area contributed by atoms with E-state index in [1.54, 1.807) is 6.07 Å². The van der Waals surface area contributed by atoms with E-state index < -0.39 is 12.4 Å². The number of hydrogen-bond donors (Lipinski definition) is 0. The molecular weight excluding hydrogens is 584 g/mol. The van der Waals surface area contributed by atoms with E-state index in [9.17, 15) is 22.4 Å². The molecule has 1 aliphatic heterocycles. The molecule has 2 heterocycles. The molecule has 0 bridgehead atoms. The van der Waals surface area contributed by atoms with Gasteiger partial charge in [-0.15, -0.1) is 18.3 Å². The van der Waals surface area contributed by atoms with Crippen molar-refractivity contribution in [2.75, 3.05) is 17.2 Å². The Morgan fingerprint density at radius 1 is 1.09 bits per heavy atom. The highest BCUT2D eigenvalue weighted by Gasteiger charge is 2.31. The van der Waals surface area contributed by atoms with Gasteiger partial charge in [0.2, 0.25) is 0 Å². The molecule has 0 aliphatic carbocycles. The van der Waals surface area contributed by atoms with E-state index in [1.807, 2.05) is 43.0 Å². The number of ether oxygens (including phenoxy) is 1. The predicted molar refractivity (Wildman–Crippen MR) is 159 cm³/mol. The lowest BCUT2D eigenvalue weighted by atomic mass is 10.0. The summed E-state index contributed by atoms with van der Waals surface area (Å²) in [7, 11) is 0. The molecule has 2 amide bonds. The number of amides is 2. The van der Waals surface area contributed by atoms with Crippen molar-refractivity contribution in [1.82, 2.24) is 14.8 Å². The number of thioether (sulfide) groups is 1. The van der Waals surface area contributed by atoms with E-state index >= 15 is 0 Å². The molecule has 222 valence electrons. The first-order valence-electron chi connectivity index (χ1n) is 13.3. The van der Waals surface area contributed by atoms with Gasteiger partial charge in [-0.3, -0.25) is 0 Å². The highest BCUT2D eigenvalue weighted by Crippen LogP contribution is 2.33. The molecule has 3 aromatic carbocycles. The number of nitrogens with zero attached hydrogens (tertiary/aromatic N) is 6. The third kappa shape index (κ3) is 7.66. The van der Waals surface area contributed by atoms with Gasteiger partial charge in [-0.25, -0.2) is 23.8 Å². The Labute approximate surface area is 249 Å². The molecule has 43 heavy (non-hydrogen) atoms. The van der Waals surface area contributed by atoms with Gasteiger partial charge in [0.05, 0.1) is 5.69 Å². The minimum Gasteiger partial charge on any atom is -0.406 e. The number of alkyl halides is 3. The summed E-state index contributed by atoms with van der Waals surface area (Å²) in [5, 5.41) is 4.94. The lowest BCUT2D eigenvalue weighted by Gasteiger charge is -2.23. The minimum atomic E-state index is -4.76. The Kier molecular flexibility index (Phi) is 8.90. The highest BCUT2D eigenvalue weighted by atomic mass is 32.2. The zero-order chi connectivity index (χ0) is 30.6. The van der Waals surface area contributed by atoms with Gasteiger partial charge in [0.1, 0.15) is 17.9 Å². The number of hydrogen-bond acceptors (Lipinski definition) is 5. The molecule has 1 aliphatic rings. The van der Waals surface area contributed by atoms with Crippen molar-refractivity contribution >= 4 is 34.9 Å². The topological polar surface area (TPSA) is 85.0 Å². The van der Waals surface area contributed by atoms with Crippen molar-refractivity contribution in [3.8, 4) is 22.8 Å². The minimum absolute atomic E-state index is 0.103. The molecular formula is C30H26F4N6O2S. The fraction of sp³-hybridized carbons (Fsp3) is 0.233.